The first kappa shape index (κ1) is 13.6. The normalized spacial score (nSPS) is 21.0. The number of para-hydroxylation sites is 1. The Morgan fingerprint density at radius 3 is 2.81 bits per heavy atom. The molecular weight excluding hydrogens is 270 g/mol. The molecule has 4 amide bonds. The van der Waals surface area contributed by atoms with E-state index in [0.717, 1.165) is 17.7 Å². The van der Waals surface area contributed by atoms with Crippen LogP contribution >= 0.6 is 0 Å². The van der Waals surface area contributed by atoms with Gasteiger partial charge in [0.15, 0.2) is 0 Å². The number of nitrogens with one attached hydrogen (secondary N) is 1. The standard InChI is InChI=1S/C15H17N3O3/c1-17(12-6-7-13(19)16-14(12)20)15(21)18-9-8-10-4-2-3-5-11(10)18/h2-5,12H,6-9H2,1H3,(H,16,19,20)/t12-/m1/s1. The molecule has 21 heavy (non-hydrogen) atoms. The van der Waals surface area contributed by atoms with Crippen LogP contribution in [0, 0.1) is 0 Å². The maximum absolute atomic E-state index is 12.6. The van der Waals surface area contributed by atoms with Crippen molar-refractivity contribution in [3.8, 4) is 0 Å². The number of nitrogens with zero attached hydrogens (tertiary/aromatic N) is 2. The number of hydrogen-bond acceptors (Lipinski definition) is 3. The minimum atomic E-state index is -0.581. The van der Waals surface area contributed by atoms with Gasteiger partial charge in [-0.2, -0.15) is 0 Å². The Hall–Kier alpha value is -2.37. The van der Waals surface area contributed by atoms with Crippen LogP contribution in [0.15, 0.2) is 24.3 Å². The second kappa shape index (κ2) is 5.20. The van der Waals surface area contributed by atoms with Crippen LogP contribution in [0.4, 0.5) is 10.5 Å². The van der Waals surface area contributed by atoms with Crippen molar-refractivity contribution in [2.75, 3.05) is 18.5 Å². The minimum absolute atomic E-state index is 0.200. The lowest BCUT2D eigenvalue weighted by molar-refractivity contribution is -0.136. The Balaban J connectivity index is 1.77. The molecule has 1 saturated heterocycles. The zero-order chi connectivity index (χ0) is 15.0. The maximum Gasteiger partial charge on any atom is 0.324 e. The van der Waals surface area contributed by atoms with E-state index < -0.39 is 11.9 Å². The topological polar surface area (TPSA) is 69.7 Å². The summed E-state index contributed by atoms with van der Waals surface area (Å²) in [6.07, 6.45) is 1.47. The van der Waals surface area contributed by atoms with Crippen molar-refractivity contribution in [3.05, 3.63) is 29.8 Å². The Morgan fingerprint density at radius 1 is 1.29 bits per heavy atom. The molecule has 6 nitrogen and oxygen atoms in total. The fraction of sp³-hybridized carbons (Fsp3) is 0.400. The Kier molecular flexibility index (Phi) is 3.37. The second-order valence-corrected chi connectivity index (χ2v) is 5.39. The molecule has 6 heteroatoms. The number of likely N-dealkylation sites (N-methyl/N-ethyl adjacent to an activating group) is 1. The van der Waals surface area contributed by atoms with Crippen molar-refractivity contribution in [2.45, 2.75) is 25.3 Å². The van der Waals surface area contributed by atoms with E-state index in [1.54, 1.807) is 11.9 Å². The number of piperidine rings is 1. The molecule has 1 N–H and O–H groups in total. The van der Waals surface area contributed by atoms with Crippen LogP contribution in [0.2, 0.25) is 0 Å². The molecule has 2 aliphatic heterocycles. The first-order chi connectivity index (χ1) is 10.1. The molecule has 0 bridgehead atoms. The molecule has 1 aromatic rings. The van der Waals surface area contributed by atoms with Crippen molar-refractivity contribution >= 4 is 23.5 Å². The average Bonchev–Trinajstić information content (AvgIpc) is 2.90. The first-order valence-corrected chi connectivity index (χ1v) is 7.04. The quantitative estimate of drug-likeness (QED) is 0.780. The minimum Gasteiger partial charge on any atom is -0.315 e. The number of anilines is 1. The van der Waals surface area contributed by atoms with Gasteiger partial charge in [0.05, 0.1) is 0 Å². The Bertz CT molecular complexity index is 614. The largest absolute Gasteiger partial charge is 0.324 e. The number of fused-ring (bicyclic) bond motifs is 1. The van der Waals surface area contributed by atoms with Gasteiger partial charge < -0.3 is 4.90 Å². The van der Waals surface area contributed by atoms with Crippen molar-refractivity contribution in [3.63, 3.8) is 0 Å². The Morgan fingerprint density at radius 2 is 2.05 bits per heavy atom. The zero-order valence-corrected chi connectivity index (χ0v) is 11.8. The van der Waals surface area contributed by atoms with Crippen molar-refractivity contribution < 1.29 is 14.4 Å². The molecule has 110 valence electrons. The predicted molar refractivity (Wildman–Crippen MR) is 76.8 cm³/mol. The zero-order valence-electron chi connectivity index (χ0n) is 11.8. The number of amides is 4. The highest BCUT2D eigenvalue weighted by Gasteiger charge is 2.35. The number of urea groups is 1. The van der Waals surface area contributed by atoms with E-state index in [4.69, 9.17) is 0 Å². The van der Waals surface area contributed by atoms with Gasteiger partial charge in [-0.3, -0.25) is 19.8 Å². The van der Waals surface area contributed by atoms with Crippen LogP contribution in [0.25, 0.3) is 0 Å². The van der Waals surface area contributed by atoms with Gasteiger partial charge in [-0.05, 0) is 24.5 Å². The number of carbonyl (C=O) groups is 3. The summed E-state index contributed by atoms with van der Waals surface area (Å²) in [5, 5.41) is 2.28. The smallest absolute Gasteiger partial charge is 0.315 e. The molecule has 2 heterocycles. The third-order valence-electron chi connectivity index (χ3n) is 4.10. The molecular formula is C15H17N3O3. The fourth-order valence-electron chi connectivity index (χ4n) is 2.91. The first-order valence-electron chi connectivity index (χ1n) is 7.04. The highest BCUT2D eigenvalue weighted by atomic mass is 16.2. The Labute approximate surface area is 122 Å². The third kappa shape index (κ3) is 2.37. The summed E-state index contributed by atoms with van der Waals surface area (Å²) in [5.41, 5.74) is 2.05. The van der Waals surface area contributed by atoms with Gasteiger partial charge in [0.1, 0.15) is 6.04 Å². The molecule has 2 aliphatic rings. The van der Waals surface area contributed by atoms with Crippen LogP contribution in [0.1, 0.15) is 18.4 Å². The number of hydrogen-bond donors (Lipinski definition) is 1. The maximum atomic E-state index is 12.6. The molecule has 3 rings (SSSR count). The van der Waals surface area contributed by atoms with Gasteiger partial charge >= 0.3 is 6.03 Å². The molecule has 0 aliphatic carbocycles. The summed E-state index contributed by atoms with van der Waals surface area (Å²) in [4.78, 5) is 38.8. The summed E-state index contributed by atoms with van der Waals surface area (Å²) in [7, 11) is 1.61. The third-order valence-corrected chi connectivity index (χ3v) is 4.10. The van der Waals surface area contributed by atoms with Crippen molar-refractivity contribution in [1.29, 1.82) is 0 Å². The number of benzene rings is 1. The lowest BCUT2D eigenvalue weighted by Crippen LogP contribution is -2.55. The average molecular weight is 287 g/mol. The molecule has 1 atom stereocenters. The molecule has 0 spiro atoms. The number of rotatable bonds is 1. The van der Waals surface area contributed by atoms with Gasteiger partial charge in [0, 0.05) is 25.7 Å². The van der Waals surface area contributed by atoms with Gasteiger partial charge in [-0.25, -0.2) is 4.79 Å². The van der Waals surface area contributed by atoms with Crippen LogP contribution in [-0.4, -0.2) is 42.4 Å². The molecule has 1 aromatic carbocycles. The molecule has 0 aromatic heterocycles. The van der Waals surface area contributed by atoms with E-state index in [1.165, 1.54) is 4.90 Å². The molecule has 0 radical (unpaired) electrons. The van der Waals surface area contributed by atoms with Gasteiger partial charge in [-0.15, -0.1) is 0 Å². The molecule has 0 unspecified atom stereocenters. The molecule has 0 saturated carbocycles. The van der Waals surface area contributed by atoms with Crippen molar-refractivity contribution in [1.82, 2.24) is 10.2 Å². The summed E-state index contributed by atoms with van der Waals surface area (Å²) in [6.45, 7) is 0.621. The van der Waals surface area contributed by atoms with E-state index in [2.05, 4.69) is 5.32 Å². The van der Waals surface area contributed by atoms with Crippen LogP contribution in [-0.2, 0) is 16.0 Å². The van der Waals surface area contributed by atoms with Crippen LogP contribution in [0.5, 0.6) is 0 Å². The second-order valence-electron chi connectivity index (χ2n) is 5.39. The van der Waals surface area contributed by atoms with E-state index in [1.807, 2.05) is 24.3 Å². The highest BCUT2D eigenvalue weighted by molar-refractivity contribution is 6.03. The monoisotopic (exact) mass is 287 g/mol. The predicted octanol–water partition coefficient (Wildman–Crippen LogP) is 0.906. The summed E-state index contributed by atoms with van der Waals surface area (Å²) >= 11 is 0. The number of carbonyl (C=O) groups excluding carboxylic acids is 3. The number of imide groups is 1. The highest BCUT2D eigenvalue weighted by Crippen LogP contribution is 2.28. The van der Waals surface area contributed by atoms with E-state index in [9.17, 15) is 14.4 Å². The summed E-state index contributed by atoms with van der Waals surface area (Å²) < 4.78 is 0. The van der Waals surface area contributed by atoms with E-state index in [0.29, 0.717) is 13.0 Å². The SMILES string of the molecule is CN(C(=O)N1CCc2ccccc21)[C@@H]1CCC(=O)NC1=O. The van der Waals surface area contributed by atoms with Gasteiger partial charge in [-0.1, -0.05) is 18.2 Å². The molecule has 1 fully saturated rings. The van der Waals surface area contributed by atoms with Crippen LogP contribution < -0.4 is 10.2 Å². The van der Waals surface area contributed by atoms with Gasteiger partial charge in [0.2, 0.25) is 11.8 Å². The summed E-state index contributed by atoms with van der Waals surface area (Å²) in [5.74, 6) is -0.668. The van der Waals surface area contributed by atoms with Crippen LogP contribution in [0.3, 0.4) is 0 Å². The van der Waals surface area contributed by atoms with Gasteiger partial charge in [0.25, 0.3) is 0 Å². The van der Waals surface area contributed by atoms with Crippen molar-refractivity contribution in [2.24, 2.45) is 0 Å². The lowest BCUT2D eigenvalue weighted by atomic mass is 10.1. The van der Waals surface area contributed by atoms with E-state index in [-0.39, 0.29) is 18.4 Å². The van der Waals surface area contributed by atoms with E-state index >= 15 is 0 Å². The fourth-order valence-corrected chi connectivity index (χ4v) is 2.91. The summed E-state index contributed by atoms with van der Waals surface area (Å²) in [6, 6.07) is 7.00. The lowest BCUT2D eigenvalue weighted by Gasteiger charge is -2.32.